The number of fused-ring (bicyclic) bond motifs is 8. The Bertz CT molecular complexity index is 1600. The summed E-state index contributed by atoms with van der Waals surface area (Å²) in [5.74, 6) is 0.613. The summed E-state index contributed by atoms with van der Waals surface area (Å²) >= 11 is 0. The van der Waals surface area contributed by atoms with Gasteiger partial charge in [0, 0.05) is 17.3 Å². The van der Waals surface area contributed by atoms with E-state index >= 15 is 0 Å². The fourth-order valence-electron chi connectivity index (χ4n) is 12.5. The Balaban J connectivity index is 1.44. The van der Waals surface area contributed by atoms with Crippen LogP contribution in [0.2, 0.25) is 0 Å². The lowest BCUT2D eigenvalue weighted by Crippen LogP contribution is -2.65. The second-order valence-electron chi connectivity index (χ2n) is 18.5. The number of pyridine rings is 1. The van der Waals surface area contributed by atoms with E-state index in [-0.39, 0.29) is 39.0 Å². The maximum atomic E-state index is 14.4. The van der Waals surface area contributed by atoms with E-state index in [0.717, 1.165) is 63.4 Å². The van der Waals surface area contributed by atoms with Crippen molar-refractivity contribution in [3.63, 3.8) is 0 Å². The summed E-state index contributed by atoms with van der Waals surface area (Å²) in [5, 5.41) is 8.25. The van der Waals surface area contributed by atoms with Gasteiger partial charge in [0.15, 0.2) is 0 Å². The lowest BCUT2D eigenvalue weighted by Gasteiger charge is -2.71. The van der Waals surface area contributed by atoms with Gasteiger partial charge in [-0.15, -0.1) is 0 Å². The van der Waals surface area contributed by atoms with Crippen LogP contribution in [0.25, 0.3) is 5.57 Å². The summed E-state index contributed by atoms with van der Waals surface area (Å²) < 4.78 is 20.6. The molecule has 5 nitrogen and oxygen atoms in total. The van der Waals surface area contributed by atoms with Crippen molar-refractivity contribution >= 4 is 11.5 Å². The van der Waals surface area contributed by atoms with Crippen molar-refractivity contribution in [2.75, 3.05) is 6.61 Å². The second kappa shape index (κ2) is 10.7. The van der Waals surface area contributed by atoms with Gasteiger partial charge in [-0.3, -0.25) is 9.89 Å². The maximum Gasteiger partial charge on any atom is 0.312 e. The fraction of sp³-hybridized carbons (Fsp3) is 0.732. The Morgan fingerprint density at radius 3 is 2.47 bits per heavy atom. The number of ether oxygens (including phenoxy) is 1. The zero-order valence-corrected chi connectivity index (χ0v) is 30.5. The average molecular weight is 644 g/mol. The van der Waals surface area contributed by atoms with Gasteiger partial charge < -0.3 is 4.74 Å². The number of hydrogen-bond acceptors (Lipinski definition) is 4. The molecule has 2 heterocycles. The molecule has 256 valence electrons. The number of carbonyl (C=O) groups excluding carboxylic acids is 1. The first-order valence-corrected chi connectivity index (χ1v) is 18.6. The number of H-pyrrole nitrogens is 1. The van der Waals surface area contributed by atoms with Crippen molar-refractivity contribution in [2.45, 2.75) is 138 Å². The molecule has 0 aromatic carbocycles. The number of aromatic amines is 1. The number of nitrogens with zero attached hydrogens (tertiary/aromatic N) is 2. The van der Waals surface area contributed by atoms with Crippen molar-refractivity contribution in [3.8, 4) is 0 Å². The van der Waals surface area contributed by atoms with Crippen LogP contribution < -0.4 is 0 Å². The highest BCUT2D eigenvalue weighted by Gasteiger charge is 2.70. The summed E-state index contributed by atoms with van der Waals surface area (Å²) in [6.45, 7) is 22.2. The highest BCUT2D eigenvalue weighted by molar-refractivity contribution is 5.81. The van der Waals surface area contributed by atoms with Crippen LogP contribution in [0.15, 0.2) is 23.9 Å². The van der Waals surface area contributed by atoms with E-state index in [1.165, 1.54) is 47.0 Å². The summed E-state index contributed by atoms with van der Waals surface area (Å²) in [4.78, 5) is 18.6. The van der Waals surface area contributed by atoms with Gasteiger partial charge in [0.25, 0.3) is 0 Å². The Labute approximate surface area is 282 Å². The predicted molar refractivity (Wildman–Crippen MR) is 185 cm³/mol. The minimum atomic E-state index is -0.503. The molecule has 5 aliphatic rings. The first kappa shape index (κ1) is 33.0. The molecule has 7 rings (SSSR count). The number of halogens is 1. The Morgan fingerprint density at radius 2 is 1.77 bits per heavy atom. The standard InChI is InChI=1S/C41H58FN3O2/c1-10-11-20-47-35(46)41-18-16-36(3,4)23-29(41)33-27(26-12-13-32(42)43-24-26)21-31-38(7)22-28-25(2)44-45-34(28)37(5,6)30(38)14-15-39(31,8)40(33,9)17-19-41/h12-13,24,29-31H,10-11,14-23H2,1-9H3,(H,44,45)/t29-,30-,31?,38-,39+,40+,41-/m0/s1. The summed E-state index contributed by atoms with van der Waals surface area (Å²) in [6, 6.07) is 3.49. The van der Waals surface area contributed by atoms with E-state index in [2.05, 4.69) is 72.4 Å². The lowest BCUT2D eigenvalue weighted by molar-refractivity contribution is -0.180. The molecule has 0 bridgehead atoms. The molecule has 0 aliphatic heterocycles. The molecule has 3 saturated carbocycles. The van der Waals surface area contributed by atoms with Gasteiger partial charge in [0.1, 0.15) is 0 Å². The number of esters is 1. The monoisotopic (exact) mass is 643 g/mol. The van der Waals surface area contributed by atoms with Crippen LogP contribution in [0.4, 0.5) is 4.39 Å². The molecule has 6 heteroatoms. The van der Waals surface area contributed by atoms with Crippen LogP contribution in [-0.2, 0) is 21.4 Å². The fourth-order valence-corrected chi connectivity index (χ4v) is 12.5. The summed E-state index contributed by atoms with van der Waals surface area (Å²) in [6.07, 6.45) is 12.7. The van der Waals surface area contributed by atoms with Gasteiger partial charge in [-0.05, 0) is 139 Å². The summed E-state index contributed by atoms with van der Waals surface area (Å²) in [7, 11) is 0. The summed E-state index contributed by atoms with van der Waals surface area (Å²) in [5.41, 5.74) is 7.33. The van der Waals surface area contributed by atoms with E-state index < -0.39 is 11.4 Å². The van der Waals surface area contributed by atoms with Crippen molar-refractivity contribution in [3.05, 3.63) is 52.4 Å². The van der Waals surface area contributed by atoms with E-state index in [4.69, 9.17) is 9.84 Å². The van der Waals surface area contributed by atoms with Gasteiger partial charge in [0.05, 0.1) is 17.7 Å². The number of hydrogen-bond donors (Lipinski definition) is 1. The molecule has 47 heavy (non-hydrogen) atoms. The highest BCUT2D eigenvalue weighted by Crippen LogP contribution is 2.77. The molecule has 1 N–H and O–H groups in total. The average Bonchev–Trinajstić information content (AvgIpc) is 3.38. The van der Waals surface area contributed by atoms with E-state index in [1.54, 1.807) is 6.20 Å². The first-order chi connectivity index (χ1) is 22.0. The topological polar surface area (TPSA) is 67.9 Å². The number of nitrogens with one attached hydrogen (secondary N) is 1. The Morgan fingerprint density at radius 1 is 1.02 bits per heavy atom. The van der Waals surface area contributed by atoms with Crippen molar-refractivity contribution < 1.29 is 13.9 Å². The van der Waals surface area contributed by atoms with Gasteiger partial charge in [-0.2, -0.15) is 9.49 Å². The van der Waals surface area contributed by atoms with Crippen LogP contribution in [0, 0.1) is 57.7 Å². The molecule has 1 unspecified atom stereocenters. The molecule has 2 aromatic heterocycles. The predicted octanol–water partition coefficient (Wildman–Crippen LogP) is 9.94. The Kier molecular flexibility index (Phi) is 7.55. The number of allylic oxidation sites excluding steroid dienone is 2. The van der Waals surface area contributed by atoms with Crippen molar-refractivity contribution in [1.29, 1.82) is 0 Å². The van der Waals surface area contributed by atoms with Crippen LogP contribution in [0.3, 0.4) is 0 Å². The number of aromatic nitrogens is 3. The van der Waals surface area contributed by atoms with Crippen molar-refractivity contribution in [2.24, 2.45) is 44.8 Å². The van der Waals surface area contributed by atoms with Crippen LogP contribution in [-0.4, -0.2) is 27.8 Å². The molecule has 7 atom stereocenters. The van der Waals surface area contributed by atoms with E-state index in [1.807, 2.05) is 6.07 Å². The molecular formula is C41H58FN3O2. The SMILES string of the molecule is CCCCOC(=O)[C@]12CCC(C)(C)C[C@H]1C1=C(c3ccc(F)nc3)CC3[C@@]4(C)Cc5c(n[nH]c5C)C(C)(C)[C@@H]4CC[C@@]3(C)[C@]1(C)CC2. The van der Waals surface area contributed by atoms with Gasteiger partial charge >= 0.3 is 5.97 Å². The van der Waals surface area contributed by atoms with Crippen LogP contribution in [0.5, 0.6) is 0 Å². The molecule has 3 fully saturated rings. The molecular weight excluding hydrogens is 585 g/mol. The maximum absolute atomic E-state index is 14.4. The largest absolute Gasteiger partial charge is 0.465 e. The molecule has 0 amide bonds. The number of unbranched alkanes of at least 4 members (excludes halogenated alkanes) is 1. The quantitative estimate of drug-likeness (QED) is 0.200. The third kappa shape index (κ3) is 4.54. The number of carbonyl (C=O) groups is 1. The smallest absolute Gasteiger partial charge is 0.312 e. The molecule has 0 saturated heterocycles. The van der Waals surface area contributed by atoms with Crippen LogP contribution >= 0.6 is 0 Å². The highest BCUT2D eigenvalue weighted by atomic mass is 19.1. The van der Waals surface area contributed by atoms with Crippen LogP contribution in [0.1, 0.15) is 142 Å². The van der Waals surface area contributed by atoms with Gasteiger partial charge in [0.2, 0.25) is 5.95 Å². The van der Waals surface area contributed by atoms with Gasteiger partial charge in [-0.1, -0.05) is 67.4 Å². The molecule has 0 spiro atoms. The molecule has 0 radical (unpaired) electrons. The van der Waals surface area contributed by atoms with Crippen molar-refractivity contribution in [1.82, 2.24) is 15.2 Å². The van der Waals surface area contributed by atoms with Gasteiger partial charge in [-0.25, -0.2) is 4.98 Å². The number of rotatable bonds is 5. The number of aryl methyl sites for hydroxylation is 1. The van der Waals surface area contributed by atoms with E-state index in [0.29, 0.717) is 18.4 Å². The minimum absolute atomic E-state index is 0.0255. The third-order valence-corrected chi connectivity index (χ3v) is 15.3. The molecule has 2 aromatic rings. The third-order valence-electron chi connectivity index (χ3n) is 15.3. The minimum Gasteiger partial charge on any atom is -0.465 e. The zero-order valence-electron chi connectivity index (χ0n) is 30.5. The molecule has 5 aliphatic carbocycles. The lowest BCUT2D eigenvalue weighted by atomic mass is 9.32. The Hall–Kier alpha value is -2.50. The normalized spacial score (nSPS) is 38.4. The zero-order chi connectivity index (χ0) is 33.8. The second-order valence-corrected chi connectivity index (χ2v) is 18.5. The van der Waals surface area contributed by atoms with E-state index in [9.17, 15) is 9.18 Å². The first-order valence-electron chi connectivity index (χ1n) is 18.6.